The van der Waals surface area contributed by atoms with Crippen LogP contribution in [-0.2, 0) is 0 Å². The standard InChI is InChI=1S/C15H14BrClN2OS/c1-2-20-12-6-3-10(4-7-12)18-15(21)19-11-5-8-13(16)14(17)9-11/h3-9H,2H2,1H3,(H2,18,19,21). The molecule has 0 aliphatic heterocycles. The van der Waals surface area contributed by atoms with Gasteiger partial charge in [-0.15, -0.1) is 0 Å². The van der Waals surface area contributed by atoms with E-state index < -0.39 is 0 Å². The largest absolute Gasteiger partial charge is 0.494 e. The van der Waals surface area contributed by atoms with Crippen LogP contribution < -0.4 is 15.4 Å². The Morgan fingerprint density at radius 1 is 1.14 bits per heavy atom. The Balaban J connectivity index is 1.96. The van der Waals surface area contributed by atoms with Crippen LogP contribution in [0.4, 0.5) is 11.4 Å². The second-order valence-corrected chi connectivity index (χ2v) is 5.84. The summed E-state index contributed by atoms with van der Waals surface area (Å²) in [5, 5.41) is 7.31. The minimum absolute atomic E-state index is 0.498. The highest BCUT2D eigenvalue weighted by Crippen LogP contribution is 2.25. The van der Waals surface area contributed by atoms with Crippen LogP contribution in [0.25, 0.3) is 0 Å². The van der Waals surface area contributed by atoms with Crippen molar-refractivity contribution in [2.75, 3.05) is 17.2 Å². The molecule has 2 aromatic rings. The fourth-order valence-electron chi connectivity index (χ4n) is 1.67. The molecule has 0 aliphatic carbocycles. The first-order chi connectivity index (χ1) is 10.1. The molecule has 0 aliphatic rings. The average Bonchev–Trinajstić information content (AvgIpc) is 2.45. The van der Waals surface area contributed by atoms with Gasteiger partial charge in [0, 0.05) is 15.8 Å². The third kappa shape index (κ3) is 4.88. The number of ether oxygens (including phenoxy) is 1. The smallest absolute Gasteiger partial charge is 0.175 e. The molecular formula is C15H14BrClN2OS. The van der Waals surface area contributed by atoms with Gasteiger partial charge in [-0.25, -0.2) is 0 Å². The summed E-state index contributed by atoms with van der Waals surface area (Å²) < 4.78 is 6.24. The van der Waals surface area contributed by atoms with Crippen molar-refractivity contribution in [2.24, 2.45) is 0 Å². The fourth-order valence-corrected chi connectivity index (χ4v) is 2.33. The third-order valence-corrected chi connectivity index (χ3v) is 4.04. The molecule has 110 valence electrons. The van der Waals surface area contributed by atoms with Gasteiger partial charge in [-0.3, -0.25) is 0 Å². The quantitative estimate of drug-likeness (QED) is 0.699. The maximum absolute atomic E-state index is 6.04. The summed E-state index contributed by atoms with van der Waals surface area (Å²) in [6.45, 7) is 2.60. The monoisotopic (exact) mass is 384 g/mol. The first-order valence-electron chi connectivity index (χ1n) is 6.34. The van der Waals surface area contributed by atoms with Crippen LogP contribution in [0.2, 0.25) is 5.02 Å². The van der Waals surface area contributed by atoms with Crippen LogP contribution in [0, 0.1) is 0 Å². The van der Waals surface area contributed by atoms with Gasteiger partial charge in [-0.05, 0) is 77.5 Å². The predicted octanol–water partition coefficient (Wildman–Crippen LogP) is 5.31. The molecule has 2 N–H and O–H groups in total. The van der Waals surface area contributed by atoms with Crippen molar-refractivity contribution in [1.82, 2.24) is 0 Å². The fraction of sp³-hybridized carbons (Fsp3) is 0.133. The van der Waals surface area contributed by atoms with Crippen LogP contribution in [-0.4, -0.2) is 11.7 Å². The third-order valence-electron chi connectivity index (χ3n) is 2.60. The molecule has 2 rings (SSSR count). The van der Waals surface area contributed by atoms with E-state index in [1.165, 1.54) is 0 Å². The Morgan fingerprint density at radius 3 is 2.38 bits per heavy atom. The van der Waals surface area contributed by atoms with Crippen molar-refractivity contribution in [3.8, 4) is 5.75 Å². The van der Waals surface area contributed by atoms with Crippen molar-refractivity contribution in [2.45, 2.75) is 6.92 Å². The van der Waals surface area contributed by atoms with Gasteiger partial charge in [-0.2, -0.15) is 0 Å². The van der Waals surface area contributed by atoms with Crippen molar-refractivity contribution in [3.63, 3.8) is 0 Å². The van der Waals surface area contributed by atoms with Crippen molar-refractivity contribution in [3.05, 3.63) is 52.0 Å². The molecular weight excluding hydrogens is 372 g/mol. The summed E-state index contributed by atoms with van der Waals surface area (Å²) >= 11 is 14.7. The zero-order valence-corrected chi connectivity index (χ0v) is 14.5. The molecule has 21 heavy (non-hydrogen) atoms. The van der Waals surface area contributed by atoms with Gasteiger partial charge in [0.2, 0.25) is 0 Å². The maximum atomic E-state index is 6.04. The van der Waals surface area contributed by atoms with Crippen molar-refractivity contribution < 1.29 is 4.74 Å². The van der Waals surface area contributed by atoms with E-state index in [4.69, 9.17) is 28.6 Å². The van der Waals surface area contributed by atoms with Gasteiger partial charge >= 0.3 is 0 Å². The Hall–Kier alpha value is -1.30. The predicted molar refractivity (Wildman–Crippen MR) is 96.6 cm³/mol. The van der Waals surface area contributed by atoms with Crippen LogP contribution in [0.5, 0.6) is 5.75 Å². The van der Waals surface area contributed by atoms with Crippen LogP contribution >= 0.6 is 39.7 Å². The lowest BCUT2D eigenvalue weighted by Crippen LogP contribution is -2.18. The lowest BCUT2D eigenvalue weighted by molar-refractivity contribution is 0.340. The van der Waals surface area contributed by atoms with Crippen molar-refractivity contribution >= 4 is 56.2 Å². The van der Waals surface area contributed by atoms with E-state index >= 15 is 0 Å². The van der Waals surface area contributed by atoms with E-state index in [-0.39, 0.29) is 0 Å². The highest BCUT2D eigenvalue weighted by atomic mass is 79.9. The topological polar surface area (TPSA) is 33.3 Å². The molecule has 0 saturated carbocycles. The van der Waals surface area contributed by atoms with Gasteiger partial charge in [0.25, 0.3) is 0 Å². The Labute approximate surface area is 142 Å². The van der Waals surface area contributed by atoms with Gasteiger partial charge in [0.1, 0.15) is 5.75 Å². The highest BCUT2D eigenvalue weighted by molar-refractivity contribution is 9.10. The summed E-state index contributed by atoms with van der Waals surface area (Å²) in [5.41, 5.74) is 1.71. The summed E-state index contributed by atoms with van der Waals surface area (Å²) in [6.07, 6.45) is 0. The second-order valence-electron chi connectivity index (χ2n) is 4.17. The lowest BCUT2D eigenvalue weighted by Gasteiger charge is -2.11. The molecule has 3 nitrogen and oxygen atoms in total. The van der Waals surface area contributed by atoms with E-state index in [1.54, 1.807) is 6.07 Å². The molecule has 0 saturated heterocycles. The zero-order chi connectivity index (χ0) is 15.2. The number of hydrogen-bond acceptors (Lipinski definition) is 2. The number of rotatable bonds is 4. The van der Waals surface area contributed by atoms with Gasteiger partial charge < -0.3 is 15.4 Å². The minimum atomic E-state index is 0.498. The Kier molecular flexibility index (Phi) is 5.85. The molecule has 0 heterocycles. The van der Waals surface area contributed by atoms with Crippen LogP contribution in [0.15, 0.2) is 46.9 Å². The molecule has 0 bridgehead atoms. The summed E-state index contributed by atoms with van der Waals surface area (Å²) in [5.74, 6) is 0.835. The number of anilines is 2. The normalized spacial score (nSPS) is 10.0. The minimum Gasteiger partial charge on any atom is -0.494 e. The average molecular weight is 386 g/mol. The van der Waals surface area contributed by atoms with E-state index in [0.717, 1.165) is 21.6 Å². The second kappa shape index (κ2) is 7.64. The molecule has 0 amide bonds. The first-order valence-corrected chi connectivity index (χ1v) is 7.92. The SMILES string of the molecule is CCOc1ccc(NC(=S)Nc2ccc(Br)c(Cl)c2)cc1. The van der Waals surface area contributed by atoms with Gasteiger partial charge in [-0.1, -0.05) is 11.6 Å². The summed E-state index contributed by atoms with van der Waals surface area (Å²) in [6, 6.07) is 13.2. The van der Waals surface area contributed by atoms with Crippen LogP contribution in [0.1, 0.15) is 6.92 Å². The molecule has 6 heteroatoms. The number of hydrogen-bond donors (Lipinski definition) is 2. The molecule has 0 radical (unpaired) electrons. The van der Waals surface area contributed by atoms with Crippen LogP contribution in [0.3, 0.4) is 0 Å². The number of thiocarbonyl (C=S) groups is 1. The zero-order valence-electron chi connectivity index (χ0n) is 11.3. The first kappa shape index (κ1) is 16.1. The maximum Gasteiger partial charge on any atom is 0.175 e. The Morgan fingerprint density at radius 2 is 1.76 bits per heavy atom. The molecule has 0 unspecified atom stereocenters. The molecule has 0 atom stereocenters. The Bertz CT molecular complexity index is 634. The molecule has 2 aromatic carbocycles. The molecule has 0 fully saturated rings. The van der Waals surface area contributed by atoms with E-state index in [9.17, 15) is 0 Å². The number of nitrogens with one attached hydrogen (secondary N) is 2. The van der Waals surface area contributed by atoms with Gasteiger partial charge in [0.05, 0.1) is 11.6 Å². The molecule has 0 aromatic heterocycles. The van der Waals surface area contributed by atoms with E-state index in [2.05, 4.69) is 26.6 Å². The van der Waals surface area contributed by atoms with Crippen molar-refractivity contribution in [1.29, 1.82) is 0 Å². The van der Waals surface area contributed by atoms with E-state index in [1.807, 2.05) is 43.3 Å². The number of halogens is 2. The van der Waals surface area contributed by atoms with Gasteiger partial charge in [0.15, 0.2) is 5.11 Å². The molecule has 0 spiro atoms. The number of benzene rings is 2. The van der Waals surface area contributed by atoms with E-state index in [0.29, 0.717) is 16.7 Å². The lowest BCUT2D eigenvalue weighted by atomic mass is 10.3. The summed E-state index contributed by atoms with van der Waals surface area (Å²) in [7, 11) is 0. The summed E-state index contributed by atoms with van der Waals surface area (Å²) in [4.78, 5) is 0. The highest BCUT2D eigenvalue weighted by Gasteiger charge is 2.02.